The number of unbranched alkanes of at least 4 members (excludes halogenated alkanes) is 1. The van der Waals surface area contributed by atoms with Gasteiger partial charge in [-0.3, -0.25) is 24.0 Å². The topological polar surface area (TPSA) is 257 Å². The van der Waals surface area contributed by atoms with E-state index in [1.807, 2.05) is 0 Å². The zero-order chi connectivity index (χ0) is 24.8. The molecule has 0 aromatic heterocycles. The van der Waals surface area contributed by atoms with E-state index in [-0.39, 0.29) is 12.8 Å². The van der Waals surface area contributed by atoms with E-state index in [2.05, 4.69) is 16.0 Å². The van der Waals surface area contributed by atoms with Crippen molar-refractivity contribution in [1.29, 1.82) is 0 Å². The van der Waals surface area contributed by atoms with Crippen molar-refractivity contribution in [1.82, 2.24) is 16.0 Å². The molecule has 4 atom stereocenters. The van der Waals surface area contributed by atoms with Gasteiger partial charge in [0.25, 0.3) is 0 Å². The van der Waals surface area contributed by atoms with Crippen LogP contribution in [0, 0.1) is 0 Å². The number of amides is 4. The van der Waals surface area contributed by atoms with E-state index in [1.54, 1.807) is 0 Å². The molecule has 0 rings (SSSR count). The van der Waals surface area contributed by atoms with Gasteiger partial charge in [-0.05, 0) is 39.2 Å². The first-order chi connectivity index (χ1) is 14.9. The molecule has 0 radical (unpaired) electrons. The summed E-state index contributed by atoms with van der Waals surface area (Å²) < 4.78 is 0. The normalized spacial score (nSPS) is 14.3. The minimum Gasteiger partial charge on any atom is -0.481 e. The number of hydrogen-bond acceptors (Lipinski definition) is 8. The van der Waals surface area contributed by atoms with Gasteiger partial charge in [-0.1, -0.05) is 0 Å². The highest BCUT2D eigenvalue weighted by Gasteiger charge is 2.30. The van der Waals surface area contributed by atoms with Crippen LogP contribution >= 0.6 is 0 Å². The summed E-state index contributed by atoms with van der Waals surface area (Å²) in [6, 6.07) is -5.11. The summed E-state index contributed by atoms with van der Waals surface area (Å²) in [5.41, 5.74) is 16.0. The lowest BCUT2D eigenvalue weighted by atomic mass is 10.1. The van der Waals surface area contributed by atoms with Gasteiger partial charge in [0.1, 0.15) is 18.1 Å². The van der Waals surface area contributed by atoms with E-state index in [0.29, 0.717) is 19.4 Å². The number of nitrogens with two attached hydrogens (primary N) is 3. The first-order valence-corrected chi connectivity index (χ1v) is 9.98. The first kappa shape index (κ1) is 28.7. The molecule has 4 amide bonds. The Labute approximate surface area is 184 Å². The third-order valence-electron chi connectivity index (χ3n) is 4.29. The Morgan fingerprint density at radius 2 is 1.34 bits per heavy atom. The van der Waals surface area contributed by atoms with E-state index >= 15 is 0 Å². The molecule has 182 valence electrons. The Bertz CT molecular complexity index is 699. The number of nitrogens with one attached hydrogen (secondary N) is 3. The molecule has 0 saturated heterocycles. The van der Waals surface area contributed by atoms with Gasteiger partial charge in [0.15, 0.2) is 0 Å². The summed E-state index contributed by atoms with van der Waals surface area (Å²) in [5.74, 6) is -6.07. The number of carbonyl (C=O) groups is 6. The highest BCUT2D eigenvalue weighted by atomic mass is 16.4. The van der Waals surface area contributed by atoms with Crippen LogP contribution in [-0.2, 0) is 28.8 Å². The fourth-order valence-corrected chi connectivity index (χ4v) is 2.55. The highest BCUT2D eigenvalue weighted by Crippen LogP contribution is 2.06. The lowest BCUT2D eigenvalue weighted by Crippen LogP contribution is -2.57. The molecular weight excluding hydrogens is 428 g/mol. The molecule has 14 heteroatoms. The van der Waals surface area contributed by atoms with E-state index < -0.39 is 72.6 Å². The van der Waals surface area contributed by atoms with Gasteiger partial charge in [-0.15, -0.1) is 0 Å². The SMILES string of the molecule is CC(N)C(=O)NC(CC(N)=O)C(=O)NC(CCCCN)C(=O)NC(CCC(=O)O)C(=O)O. The largest absolute Gasteiger partial charge is 0.481 e. The number of rotatable bonds is 16. The van der Waals surface area contributed by atoms with Crippen LogP contribution in [0.3, 0.4) is 0 Å². The molecule has 0 heterocycles. The van der Waals surface area contributed by atoms with E-state index in [4.69, 9.17) is 22.3 Å². The van der Waals surface area contributed by atoms with Crippen LogP contribution in [0.5, 0.6) is 0 Å². The number of carboxylic acids is 2. The van der Waals surface area contributed by atoms with Gasteiger partial charge in [-0.25, -0.2) is 4.79 Å². The Morgan fingerprint density at radius 1 is 0.812 bits per heavy atom. The third-order valence-corrected chi connectivity index (χ3v) is 4.29. The second kappa shape index (κ2) is 14.7. The lowest BCUT2D eigenvalue weighted by molar-refractivity contribution is -0.143. The fourth-order valence-electron chi connectivity index (χ4n) is 2.55. The van der Waals surface area contributed by atoms with E-state index in [9.17, 15) is 33.9 Å². The van der Waals surface area contributed by atoms with Crippen molar-refractivity contribution in [3.8, 4) is 0 Å². The Morgan fingerprint density at radius 3 is 1.81 bits per heavy atom. The number of aliphatic carboxylic acids is 2. The average molecular weight is 460 g/mol. The van der Waals surface area contributed by atoms with Gasteiger partial charge in [-0.2, -0.15) is 0 Å². The summed E-state index contributed by atoms with van der Waals surface area (Å²) in [6.45, 7) is 1.67. The predicted molar refractivity (Wildman–Crippen MR) is 111 cm³/mol. The van der Waals surface area contributed by atoms with Crippen LogP contribution in [0.1, 0.15) is 45.4 Å². The quantitative estimate of drug-likeness (QED) is 0.107. The van der Waals surface area contributed by atoms with E-state index in [0.717, 1.165) is 0 Å². The maximum atomic E-state index is 12.6. The van der Waals surface area contributed by atoms with Crippen LogP contribution in [0.25, 0.3) is 0 Å². The third kappa shape index (κ3) is 11.8. The minimum absolute atomic E-state index is 0.0740. The van der Waals surface area contributed by atoms with Crippen molar-refractivity contribution in [3.05, 3.63) is 0 Å². The van der Waals surface area contributed by atoms with Crippen LogP contribution in [0.2, 0.25) is 0 Å². The van der Waals surface area contributed by atoms with Crippen LogP contribution in [0.4, 0.5) is 0 Å². The second-order valence-corrected chi connectivity index (χ2v) is 7.20. The molecule has 0 aliphatic heterocycles. The molecule has 11 N–H and O–H groups in total. The molecule has 0 aliphatic rings. The van der Waals surface area contributed by atoms with Crippen molar-refractivity contribution >= 4 is 35.6 Å². The van der Waals surface area contributed by atoms with Crippen LogP contribution < -0.4 is 33.2 Å². The van der Waals surface area contributed by atoms with Crippen molar-refractivity contribution in [2.45, 2.75) is 69.6 Å². The summed E-state index contributed by atoms with van der Waals surface area (Å²) in [5, 5.41) is 24.8. The molecule has 0 fully saturated rings. The second-order valence-electron chi connectivity index (χ2n) is 7.20. The molecule has 14 nitrogen and oxygen atoms in total. The van der Waals surface area contributed by atoms with Gasteiger partial charge >= 0.3 is 11.9 Å². The summed E-state index contributed by atoms with van der Waals surface area (Å²) in [4.78, 5) is 70.5. The zero-order valence-electron chi connectivity index (χ0n) is 17.8. The monoisotopic (exact) mass is 460 g/mol. The number of carbonyl (C=O) groups excluding carboxylic acids is 4. The van der Waals surface area contributed by atoms with E-state index in [1.165, 1.54) is 6.92 Å². The molecular formula is C18H32N6O8. The number of hydrogen-bond donors (Lipinski definition) is 8. The van der Waals surface area contributed by atoms with Gasteiger partial charge in [0.05, 0.1) is 12.5 Å². The Hall–Kier alpha value is -3.26. The van der Waals surface area contributed by atoms with Gasteiger partial charge in [0.2, 0.25) is 23.6 Å². The Balaban J connectivity index is 5.45. The van der Waals surface area contributed by atoms with Gasteiger partial charge < -0.3 is 43.4 Å². The molecule has 0 aromatic carbocycles. The first-order valence-electron chi connectivity index (χ1n) is 9.98. The number of primary amides is 1. The smallest absolute Gasteiger partial charge is 0.326 e. The van der Waals surface area contributed by atoms with Gasteiger partial charge in [0, 0.05) is 6.42 Å². The highest BCUT2D eigenvalue weighted by molar-refractivity contribution is 5.96. The molecule has 0 saturated carbocycles. The number of carboxylic acid groups (broad SMARTS) is 2. The lowest BCUT2D eigenvalue weighted by Gasteiger charge is -2.24. The summed E-state index contributed by atoms with van der Waals surface area (Å²) >= 11 is 0. The molecule has 32 heavy (non-hydrogen) atoms. The zero-order valence-corrected chi connectivity index (χ0v) is 17.8. The Kier molecular flexibility index (Phi) is 13.2. The van der Waals surface area contributed by atoms with Crippen LogP contribution in [0.15, 0.2) is 0 Å². The molecule has 0 aromatic rings. The molecule has 0 spiro atoms. The predicted octanol–water partition coefficient (Wildman–Crippen LogP) is -3.26. The summed E-state index contributed by atoms with van der Waals surface area (Å²) in [7, 11) is 0. The molecule has 0 aliphatic carbocycles. The fraction of sp³-hybridized carbons (Fsp3) is 0.667. The maximum Gasteiger partial charge on any atom is 0.326 e. The molecule has 4 unspecified atom stereocenters. The average Bonchev–Trinajstić information content (AvgIpc) is 2.68. The molecule has 0 bridgehead atoms. The van der Waals surface area contributed by atoms with Crippen LogP contribution in [-0.4, -0.2) is 76.5 Å². The summed E-state index contributed by atoms with van der Waals surface area (Å²) in [6.07, 6.45) is -0.440. The van der Waals surface area contributed by atoms with Crippen molar-refractivity contribution in [2.75, 3.05) is 6.54 Å². The minimum atomic E-state index is -1.49. The van der Waals surface area contributed by atoms with Crippen molar-refractivity contribution in [2.24, 2.45) is 17.2 Å². The maximum absolute atomic E-state index is 12.6. The van der Waals surface area contributed by atoms with Crippen molar-refractivity contribution < 1.29 is 39.0 Å². The standard InChI is InChI=1S/C18H32N6O8/c1-9(20)15(28)24-12(8-13(21)25)17(30)22-10(4-2-3-7-19)16(29)23-11(18(31)32)5-6-14(26)27/h9-12H,2-8,19-20H2,1H3,(H2,21,25)(H,22,30)(H,23,29)(H,24,28)(H,26,27)(H,31,32). The van der Waals surface area contributed by atoms with Crippen molar-refractivity contribution in [3.63, 3.8) is 0 Å².